The molecule has 1 aliphatic heterocycles. The van der Waals surface area contributed by atoms with Crippen molar-refractivity contribution in [1.82, 2.24) is 4.57 Å². The van der Waals surface area contributed by atoms with Crippen LogP contribution in [0.4, 0.5) is 0 Å². The lowest BCUT2D eigenvalue weighted by atomic mass is 10.0. The summed E-state index contributed by atoms with van der Waals surface area (Å²) in [4.78, 5) is 6.39. The van der Waals surface area contributed by atoms with Gasteiger partial charge in [-0.1, -0.05) is 29.8 Å². The molecule has 1 atom stereocenters. The minimum Gasteiger partial charge on any atom is -0.344 e. The van der Waals surface area contributed by atoms with Crippen molar-refractivity contribution in [2.24, 2.45) is 4.99 Å². The summed E-state index contributed by atoms with van der Waals surface area (Å²) in [6.07, 6.45) is 2.15. The van der Waals surface area contributed by atoms with Gasteiger partial charge < -0.3 is 4.57 Å². The van der Waals surface area contributed by atoms with E-state index in [9.17, 15) is 0 Å². The Labute approximate surface area is 128 Å². The maximum absolute atomic E-state index is 5.06. The quantitative estimate of drug-likeness (QED) is 0.664. The van der Waals surface area contributed by atoms with Crippen molar-refractivity contribution >= 4 is 17.0 Å². The van der Waals surface area contributed by atoms with Crippen molar-refractivity contribution in [2.75, 3.05) is 0 Å². The first-order valence-corrected chi connectivity index (χ1v) is 8.03. The Hall–Kier alpha value is -2.13. The summed E-state index contributed by atoms with van der Waals surface area (Å²) in [5, 5.41) is 2.13. The summed E-state index contributed by atoms with van der Waals surface area (Å²) >= 11 is 1.79. The predicted molar refractivity (Wildman–Crippen MR) is 88.3 cm³/mol. The van der Waals surface area contributed by atoms with Crippen LogP contribution in [0.5, 0.6) is 0 Å². The van der Waals surface area contributed by atoms with Gasteiger partial charge >= 0.3 is 0 Å². The van der Waals surface area contributed by atoms with Crippen LogP contribution in [0.1, 0.15) is 27.7 Å². The van der Waals surface area contributed by atoms with Crippen LogP contribution < -0.4 is 0 Å². The van der Waals surface area contributed by atoms with Crippen molar-refractivity contribution < 1.29 is 0 Å². The van der Waals surface area contributed by atoms with Crippen LogP contribution in [0.25, 0.3) is 0 Å². The van der Waals surface area contributed by atoms with Crippen molar-refractivity contribution in [2.45, 2.75) is 19.5 Å². The molecule has 0 saturated carbocycles. The lowest BCUT2D eigenvalue weighted by Crippen LogP contribution is -2.21. The van der Waals surface area contributed by atoms with Crippen LogP contribution in [-0.4, -0.2) is 10.3 Å². The van der Waals surface area contributed by atoms with E-state index in [0.29, 0.717) is 0 Å². The van der Waals surface area contributed by atoms with E-state index in [1.807, 2.05) is 0 Å². The van der Waals surface area contributed by atoms with Gasteiger partial charge in [0, 0.05) is 16.6 Å². The number of hydrogen-bond donors (Lipinski definition) is 0. The summed E-state index contributed by atoms with van der Waals surface area (Å²) in [5.41, 5.74) is 4.80. The summed E-state index contributed by atoms with van der Waals surface area (Å²) in [5.74, 6) is 0. The molecule has 3 heteroatoms. The first-order chi connectivity index (χ1) is 10.3. The number of fused-ring (bicyclic) bond motifs is 1. The average molecular weight is 292 g/mol. The molecule has 1 unspecified atom stereocenters. The molecule has 0 aliphatic carbocycles. The van der Waals surface area contributed by atoms with Gasteiger partial charge in [0.05, 0.1) is 18.0 Å². The number of hydrogen-bond acceptors (Lipinski definition) is 2. The van der Waals surface area contributed by atoms with E-state index in [-0.39, 0.29) is 6.04 Å². The molecule has 3 heterocycles. The zero-order valence-corrected chi connectivity index (χ0v) is 12.7. The van der Waals surface area contributed by atoms with Crippen LogP contribution in [0.2, 0.25) is 0 Å². The van der Waals surface area contributed by atoms with Gasteiger partial charge in [-0.15, -0.1) is 11.3 Å². The van der Waals surface area contributed by atoms with Gasteiger partial charge in [-0.3, -0.25) is 4.99 Å². The summed E-state index contributed by atoms with van der Waals surface area (Å²) < 4.78 is 2.31. The normalized spacial score (nSPS) is 17.4. The number of aromatic nitrogens is 1. The largest absolute Gasteiger partial charge is 0.344 e. The Kier molecular flexibility index (Phi) is 3.00. The molecule has 0 amide bonds. The van der Waals surface area contributed by atoms with E-state index in [1.54, 1.807) is 11.3 Å². The second-order valence-corrected chi connectivity index (χ2v) is 6.40. The lowest BCUT2D eigenvalue weighted by molar-refractivity contribution is 0.570. The first kappa shape index (κ1) is 12.6. The third-order valence-electron chi connectivity index (χ3n) is 3.89. The monoisotopic (exact) mass is 292 g/mol. The molecule has 3 aromatic rings. The second-order valence-electron chi connectivity index (χ2n) is 5.42. The maximum atomic E-state index is 5.06. The van der Waals surface area contributed by atoms with Crippen molar-refractivity contribution in [3.8, 4) is 0 Å². The van der Waals surface area contributed by atoms with Gasteiger partial charge in [0.25, 0.3) is 0 Å². The van der Waals surface area contributed by atoms with E-state index in [2.05, 4.69) is 71.6 Å². The Balaban J connectivity index is 1.85. The minimum absolute atomic E-state index is 0.223. The fourth-order valence-corrected chi connectivity index (χ4v) is 3.64. The molecular formula is C18H16N2S. The average Bonchev–Trinajstić information content (AvgIpc) is 3.17. The van der Waals surface area contributed by atoms with Gasteiger partial charge in [0.1, 0.15) is 6.04 Å². The minimum atomic E-state index is 0.223. The highest BCUT2D eigenvalue weighted by atomic mass is 32.1. The highest BCUT2D eigenvalue weighted by Crippen LogP contribution is 2.30. The molecule has 2 nitrogen and oxygen atoms in total. The fraction of sp³-hybridized carbons (Fsp3) is 0.167. The molecule has 0 saturated heterocycles. The number of thiophene rings is 1. The first-order valence-electron chi connectivity index (χ1n) is 7.15. The van der Waals surface area contributed by atoms with Gasteiger partial charge in [0.2, 0.25) is 0 Å². The molecule has 4 rings (SSSR count). The Morgan fingerprint density at radius 3 is 2.90 bits per heavy atom. The smallest absolute Gasteiger partial charge is 0.103 e. The van der Waals surface area contributed by atoms with Crippen molar-refractivity contribution in [1.29, 1.82) is 0 Å². The van der Waals surface area contributed by atoms with E-state index in [1.165, 1.54) is 21.7 Å². The second kappa shape index (κ2) is 5.01. The summed E-state index contributed by atoms with van der Waals surface area (Å²) in [6, 6.07) is 17.4. The van der Waals surface area contributed by atoms with Crippen LogP contribution in [0.15, 0.2) is 65.1 Å². The maximum Gasteiger partial charge on any atom is 0.103 e. The van der Waals surface area contributed by atoms with E-state index < -0.39 is 0 Å². The molecule has 2 aromatic heterocycles. The number of aliphatic imine (C=N–C) groups is 1. The highest BCUT2D eigenvalue weighted by molar-refractivity contribution is 7.10. The van der Waals surface area contributed by atoms with Crippen LogP contribution >= 0.6 is 11.3 Å². The Morgan fingerprint density at radius 2 is 2.10 bits per heavy atom. The van der Waals surface area contributed by atoms with Gasteiger partial charge in [-0.25, -0.2) is 0 Å². The van der Waals surface area contributed by atoms with Crippen LogP contribution in [0, 0.1) is 6.92 Å². The number of nitrogens with zero attached hydrogens (tertiary/aromatic N) is 2. The topological polar surface area (TPSA) is 17.3 Å². The molecule has 0 bridgehead atoms. The van der Waals surface area contributed by atoms with E-state index >= 15 is 0 Å². The fourth-order valence-electron chi connectivity index (χ4n) is 2.89. The third-order valence-corrected chi connectivity index (χ3v) is 4.86. The van der Waals surface area contributed by atoms with Crippen molar-refractivity contribution in [3.05, 3.63) is 81.8 Å². The molecule has 0 radical (unpaired) electrons. The molecule has 0 fully saturated rings. The van der Waals surface area contributed by atoms with Crippen LogP contribution in [0.3, 0.4) is 0 Å². The SMILES string of the molecule is Cc1cccc(C2=NC(c3cccs3)Cn3cccc32)c1. The summed E-state index contributed by atoms with van der Waals surface area (Å²) in [7, 11) is 0. The highest BCUT2D eigenvalue weighted by Gasteiger charge is 2.23. The number of benzene rings is 1. The lowest BCUT2D eigenvalue weighted by Gasteiger charge is -2.23. The Morgan fingerprint density at radius 1 is 1.14 bits per heavy atom. The van der Waals surface area contributed by atoms with E-state index in [4.69, 9.17) is 4.99 Å². The van der Waals surface area contributed by atoms with E-state index in [0.717, 1.165) is 12.3 Å². The Bertz CT molecular complexity index is 796. The molecule has 21 heavy (non-hydrogen) atoms. The molecule has 0 N–H and O–H groups in total. The standard InChI is InChI=1S/C18H16N2S/c1-13-5-2-6-14(11-13)18-16-7-3-9-20(16)12-15(19-18)17-8-4-10-21-17/h2-11,15H,12H2,1H3. The summed E-state index contributed by atoms with van der Waals surface area (Å²) in [6.45, 7) is 3.06. The number of rotatable bonds is 2. The zero-order valence-electron chi connectivity index (χ0n) is 11.9. The van der Waals surface area contributed by atoms with Crippen LogP contribution in [-0.2, 0) is 6.54 Å². The predicted octanol–water partition coefficient (Wildman–Crippen LogP) is 4.45. The third kappa shape index (κ3) is 2.24. The van der Waals surface area contributed by atoms with Crippen molar-refractivity contribution in [3.63, 3.8) is 0 Å². The molecule has 0 spiro atoms. The zero-order chi connectivity index (χ0) is 14.2. The molecular weight excluding hydrogens is 276 g/mol. The molecule has 104 valence electrons. The number of aryl methyl sites for hydroxylation is 1. The molecule has 1 aromatic carbocycles. The molecule has 1 aliphatic rings. The van der Waals surface area contributed by atoms with Gasteiger partial charge in [-0.05, 0) is 36.6 Å². The van der Waals surface area contributed by atoms with Gasteiger partial charge in [-0.2, -0.15) is 0 Å². The van der Waals surface area contributed by atoms with Gasteiger partial charge in [0.15, 0.2) is 0 Å².